The van der Waals surface area contributed by atoms with Crippen molar-refractivity contribution in [3.8, 4) is 0 Å². The van der Waals surface area contributed by atoms with Crippen LogP contribution in [0, 0.1) is 0 Å². The van der Waals surface area contributed by atoms with Crippen LogP contribution in [0.15, 0.2) is 0 Å². The molecule has 16 heavy (non-hydrogen) atoms. The summed E-state index contributed by atoms with van der Waals surface area (Å²) in [6.45, 7) is 1.91. The molecule has 0 aliphatic rings. The Kier molecular flexibility index (Phi) is 14.7. The summed E-state index contributed by atoms with van der Waals surface area (Å²) in [6.07, 6.45) is 13.3. The molecule has 0 heterocycles. The number of nitrogens with one attached hydrogen (secondary N) is 2. The van der Waals surface area contributed by atoms with Crippen LogP contribution in [0.1, 0.15) is 64.2 Å². The largest absolute Gasteiger partial charge is 0.271 e. The van der Waals surface area contributed by atoms with Gasteiger partial charge in [0.25, 0.3) is 0 Å². The third kappa shape index (κ3) is 13.8. The van der Waals surface area contributed by atoms with E-state index in [1.807, 2.05) is 0 Å². The van der Waals surface area contributed by atoms with Gasteiger partial charge in [0.1, 0.15) is 0 Å². The predicted octanol–water partition coefficient (Wildman–Crippen LogP) is 1.81. The van der Waals surface area contributed by atoms with Crippen molar-refractivity contribution < 1.29 is 0 Å². The number of hydrogen-bond acceptors (Lipinski definition) is 4. The first-order valence-electron chi connectivity index (χ1n) is 6.78. The Morgan fingerprint density at radius 2 is 0.688 bits per heavy atom. The molecule has 0 atom stereocenters. The van der Waals surface area contributed by atoms with Crippen LogP contribution in [0.5, 0.6) is 0 Å². The highest BCUT2D eigenvalue weighted by Gasteiger charge is 1.92. The Morgan fingerprint density at radius 1 is 0.438 bits per heavy atom. The summed E-state index contributed by atoms with van der Waals surface area (Å²) < 4.78 is 0. The smallest absolute Gasteiger partial charge is 0.00974 e. The maximum atomic E-state index is 5.20. The van der Waals surface area contributed by atoms with Crippen molar-refractivity contribution in [2.75, 3.05) is 13.1 Å². The predicted molar refractivity (Wildman–Crippen MR) is 70.6 cm³/mol. The van der Waals surface area contributed by atoms with Crippen LogP contribution in [0.3, 0.4) is 0 Å². The third-order valence-corrected chi connectivity index (χ3v) is 2.89. The van der Waals surface area contributed by atoms with Crippen molar-refractivity contribution >= 4 is 0 Å². The van der Waals surface area contributed by atoms with Gasteiger partial charge < -0.3 is 0 Å². The van der Waals surface area contributed by atoms with Crippen molar-refractivity contribution in [2.24, 2.45) is 11.7 Å². The fourth-order valence-electron chi connectivity index (χ4n) is 1.87. The van der Waals surface area contributed by atoms with E-state index in [1.165, 1.54) is 64.2 Å². The highest BCUT2D eigenvalue weighted by molar-refractivity contribution is 4.49. The zero-order valence-corrected chi connectivity index (χ0v) is 10.6. The van der Waals surface area contributed by atoms with Gasteiger partial charge in [0.2, 0.25) is 0 Å². The maximum Gasteiger partial charge on any atom is 0.00974 e. The number of hydrogen-bond donors (Lipinski definition) is 4. The lowest BCUT2D eigenvalue weighted by atomic mass is 10.1. The highest BCUT2D eigenvalue weighted by atomic mass is 15.2. The van der Waals surface area contributed by atoms with Gasteiger partial charge in [0.05, 0.1) is 0 Å². The molecule has 0 unspecified atom stereocenters. The average molecular weight is 230 g/mol. The molecule has 0 amide bonds. The molecule has 98 valence electrons. The van der Waals surface area contributed by atoms with E-state index in [1.54, 1.807) is 0 Å². The summed E-state index contributed by atoms with van der Waals surface area (Å²) >= 11 is 0. The van der Waals surface area contributed by atoms with Crippen molar-refractivity contribution in [2.45, 2.75) is 64.2 Å². The number of unbranched alkanes of at least 4 members (excludes halogenated alkanes) is 9. The standard InChI is InChI=1S/C12H30N4/c13-15-11-9-7-5-3-1-2-4-6-8-10-12-16-14/h15-16H,1-14H2. The Bertz CT molecular complexity index is 106. The van der Waals surface area contributed by atoms with Crippen molar-refractivity contribution in [1.82, 2.24) is 10.9 Å². The zero-order chi connectivity index (χ0) is 11.9. The lowest BCUT2D eigenvalue weighted by Crippen LogP contribution is -2.22. The van der Waals surface area contributed by atoms with E-state index in [-0.39, 0.29) is 0 Å². The topological polar surface area (TPSA) is 76.1 Å². The quantitative estimate of drug-likeness (QED) is 0.221. The molecule has 0 fully saturated rings. The average Bonchev–Trinajstić information content (AvgIpc) is 2.31. The first-order valence-corrected chi connectivity index (χ1v) is 6.78. The minimum Gasteiger partial charge on any atom is -0.271 e. The minimum absolute atomic E-state index is 0.954. The van der Waals surface area contributed by atoms with Crippen LogP contribution in [-0.2, 0) is 0 Å². The molecular weight excluding hydrogens is 200 g/mol. The lowest BCUT2D eigenvalue weighted by Gasteiger charge is -2.02. The molecule has 0 aromatic heterocycles. The second-order valence-corrected chi connectivity index (χ2v) is 4.44. The van der Waals surface area contributed by atoms with Gasteiger partial charge in [-0.2, -0.15) is 0 Å². The fraction of sp³-hybridized carbons (Fsp3) is 1.00. The Morgan fingerprint density at radius 3 is 0.938 bits per heavy atom. The summed E-state index contributed by atoms with van der Waals surface area (Å²) in [7, 11) is 0. The highest BCUT2D eigenvalue weighted by Crippen LogP contribution is 2.10. The number of nitrogens with two attached hydrogens (primary N) is 2. The first-order chi connectivity index (χ1) is 7.91. The molecule has 0 bridgehead atoms. The lowest BCUT2D eigenvalue weighted by molar-refractivity contribution is 0.537. The van der Waals surface area contributed by atoms with E-state index < -0.39 is 0 Å². The van der Waals surface area contributed by atoms with Crippen LogP contribution in [0.25, 0.3) is 0 Å². The normalized spacial score (nSPS) is 10.9. The van der Waals surface area contributed by atoms with Crippen LogP contribution < -0.4 is 22.5 Å². The molecule has 0 saturated heterocycles. The summed E-state index contributed by atoms with van der Waals surface area (Å²) in [5.41, 5.74) is 5.38. The number of rotatable bonds is 13. The molecular formula is C12H30N4. The van der Waals surface area contributed by atoms with Gasteiger partial charge in [-0.05, 0) is 12.8 Å². The van der Waals surface area contributed by atoms with Gasteiger partial charge in [0.15, 0.2) is 0 Å². The summed E-state index contributed by atoms with van der Waals surface area (Å²) in [5.74, 6) is 10.4. The van der Waals surface area contributed by atoms with Crippen molar-refractivity contribution in [3.63, 3.8) is 0 Å². The van der Waals surface area contributed by atoms with E-state index in [0.29, 0.717) is 0 Å². The number of hydrazine groups is 2. The molecule has 0 saturated carbocycles. The molecule has 6 N–H and O–H groups in total. The second kappa shape index (κ2) is 14.8. The van der Waals surface area contributed by atoms with E-state index >= 15 is 0 Å². The van der Waals surface area contributed by atoms with Gasteiger partial charge in [0, 0.05) is 13.1 Å². The third-order valence-electron chi connectivity index (χ3n) is 2.89. The molecule has 0 radical (unpaired) electrons. The van der Waals surface area contributed by atoms with E-state index in [0.717, 1.165) is 13.1 Å². The van der Waals surface area contributed by atoms with Crippen LogP contribution in [0.4, 0.5) is 0 Å². The van der Waals surface area contributed by atoms with Gasteiger partial charge >= 0.3 is 0 Å². The zero-order valence-electron chi connectivity index (χ0n) is 10.6. The molecule has 0 aliphatic carbocycles. The Hall–Kier alpha value is -0.160. The van der Waals surface area contributed by atoms with Gasteiger partial charge in [-0.1, -0.05) is 51.4 Å². The van der Waals surface area contributed by atoms with Crippen molar-refractivity contribution in [1.29, 1.82) is 0 Å². The second-order valence-electron chi connectivity index (χ2n) is 4.44. The van der Waals surface area contributed by atoms with Crippen LogP contribution >= 0.6 is 0 Å². The molecule has 4 heteroatoms. The molecule has 0 rings (SSSR count). The summed E-state index contributed by atoms with van der Waals surface area (Å²) in [4.78, 5) is 0. The van der Waals surface area contributed by atoms with E-state index in [4.69, 9.17) is 11.7 Å². The SMILES string of the molecule is NNCCCCCCCCCCCCNN. The minimum atomic E-state index is 0.954. The maximum absolute atomic E-state index is 5.20. The Balaban J connectivity index is 2.83. The van der Waals surface area contributed by atoms with Crippen molar-refractivity contribution in [3.05, 3.63) is 0 Å². The van der Waals surface area contributed by atoms with Gasteiger partial charge in [-0.25, -0.2) is 0 Å². The monoisotopic (exact) mass is 230 g/mol. The van der Waals surface area contributed by atoms with E-state index in [2.05, 4.69) is 10.9 Å². The molecule has 0 aromatic rings. The molecule has 0 spiro atoms. The molecule has 4 nitrogen and oxygen atoms in total. The summed E-state index contributed by atoms with van der Waals surface area (Å²) in [6, 6.07) is 0. The van der Waals surface area contributed by atoms with Gasteiger partial charge in [-0.15, -0.1) is 0 Å². The molecule has 0 aliphatic heterocycles. The van der Waals surface area contributed by atoms with E-state index in [9.17, 15) is 0 Å². The Labute approximate surface area is 100 Å². The van der Waals surface area contributed by atoms with Crippen LogP contribution in [-0.4, -0.2) is 13.1 Å². The molecule has 0 aromatic carbocycles. The van der Waals surface area contributed by atoms with Crippen LogP contribution in [0.2, 0.25) is 0 Å². The summed E-state index contributed by atoms with van der Waals surface area (Å²) in [5, 5.41) is 0. The fourth-order valence-corrected chi connectivity index (χ4v) is 1.87. The van der Waals surface area contributed by atoms with Gasteiger partial charge in [-0.3, -0.25) is 22.5 Å². The first kappa shape index (κ1) is 15.8.